The van der Waals surface area contributed by atoms with E-state index < -0.39 is 4.87 Å². The first-order valence-corrected chi connectivity index (χ1v) is 11.6. The molecule has 1 saturated carbocycles. The molecule has 0 aromatic heterocycles. The molecule has 31 heavy (non-hydrogen) atoms. The van der Waals surface area contributed by atoms with Crippen LogP contribution in [-0.4, -0.2) is 4.87 Å². The van der Waals surface area contributed by atoms with Crippen LogP contribution in [0.2, 0.25) is 20.1 Å². The molecule has 0 radical (unpaired) electrons. The Morgan fingerprint density at radius 3 is 2.13 bits per heavy atom. The van der Waals surface area contributed by atoms with Crippen molar-refractivity contribution in [3.8, 4) is 11.1 Å². The molecule has 1 fully saturated rings. The third kappa shape index (κ3) is 4.45. The van der Waals surface area contributed by atoms with Crippen LogP contribution in [0, 0.1) is 12.8 Å². The molecular formula is C25H20Cl5N. The van der Waals surface area contributed by atoms with E-state index in [1.165, 1.54) is 5.56 Å². The summed E-state index contributed by atoms with van der Waals surface area (Å²) in [4.78, 5) is -0.503. The van der Waals surface area contributed by atoms with Gasteiger partial charge in [-0.1, -0.05) is 82.8 Å². The van der Waals surface area contributed by atoms with Gasteiger partial charge in [0.2, 0.25) is 0 Å². The summed E-state index contributed by atoms with van der Waals surface area (Å²) in [6.45, 7) is 8.31. The smallest absolute Gasteiger partial charge is 0.0778 e. The van der Waals surface area contributed by atoms with Crippen LogP contribution in [0.25, 0.3) is 11.1 Å². The molecule has 0 heterocycles. The van der Waals surface area contributed by atoms with Crippen LogP contribution in [0.1, 0.15) is 24.0 Å². The number of hydrogen-bond donors (Lipinski definition) is 1. The van der Waals surface area contributed by atoms with Gasteiger partial charge < -0.3 is 5.32 Å². The number of nitrogens with one attached hydrogen (secondary N) is 1. The zero-order valence-electron chi connectivity index (χ0n) is 16.9. The van der Waals surface area contributed by atoms with Crippen molar-refractivity contribution in [2.45, 2.75) is 24.6 Å². The summed E-state index contributed by atoms with van der Waals surface area (Å²) in [6.07, 6.45) is 0. The summed E-state index contributed by atoms with van der Waals surface area (Å²) in [5.74, 6) is 0.0197. The van der Waals surface area contributed by atoms with E-state index in [0.29, 0.717) is 20.1 Å². The number of allylic oxidation sites excluding steroid dienone is 1. The van der Waals surface area contributed by atoms with Gasteiger partial charge in [0.1, 0.15) is 0 Å². The van der Waals surface area contributed by atoms with Crippen molar-refractivity contribution >= 4 is 63.7 Å². The molecule has 0 bridgehead atoms. The van der Waals surface area contributed by atoms with E-state index in [1.807, 2.05) is 37.3 Å². The molecule has 3 aromatic rings. The Labute approximate surface area is 207 Å². The lowest BCUT2D eigenvalue weighted by molar-refractivity contribution is 0.899. The maximum Gasteiger partial charge on any atom is 0.0778 e. The second kappa shape index (κ2) is 8.54. The summed E-state index contributed by atoms with van der Waals surface area (Å²) >= 11 is 31.9. The maximum atomic E-state index is 6.84. The first-order chi connectivity index (χ1) is 14.6. The molecule has 1 N–H and O–H groups in total. The predicted octanol–water partition coefficient (Wildman–Crippen LogP) is 9.61. The Hall–Kier alpha value is -1.35. The minimum Gasteiger partial charge on any atom is -0.359 e. The van der Waals surface area contributed by atoms with E-state index >= 15 is 0 Å². The fourth-order valence-corrected chi connectivity index (χ4v) is 5.40. The van der Waals surface area contributed by atoms with Crippen LogP contribution < -0.4 is 5.32 Å². The number of halogens is 5. The Bertz CT molecular complexity index is 1140. The molecular weight excluding hydrogens is 492 g/mol. The van der Waals surface area contributed by atoms with Crippen LogP contribution in [0.4, 0.5) is 5.69 Å². The lowest BCUT2D eigenvalue weighted by atomic mass is 10.0. The molecule has 3 atom stereocenters. The minimum absolute atomic E-state index is 0.000906. The van der Waals surface area contributed by atoms with Gasteiger partial charge in [-0.15, -0.1) is 11.6 Å². The summed E-state index contributed by atoms with van der Waals surface area (Å²) in [5, 5.41) is 5.30. The van der Waals surface area contributed by atoms with Crippen molar-refractivity contribution in [3.05, 3.63) is 98.1 Å². The summed E-state index contributed by atoms with van der Waals surface area (Å²) in [5.41, 5.74) is 5.88. The Morgan fingerprint density at radius 2 is 1.52 bits per heavy atom. The van der Waals surface area contributed by atoms with Gasteiger partial charge in [-0.3, -0.25) is 0 Å². The van der Waals surface area contributed by atoms with E-state index in [2.05, 4.69) is 43.1 Å². The van der Waals surface area contributed by atoms with Gasteiger partial charge in [0.15, 0.2) is 0 Å². The average molecular weight is 512 g/mol. The molecule has 3 aromatic carbocycles. The maximum absolute atomic E-state index is 6.84. The van der Waals surface area contributed by atoms with Crippen molar-refractivity contribution in [1.29, 1.82) is 0 Å². The summed E-state index contributed by atoms with van der Waals surface area (Å²) in [6, 6.07) is 17.8. The van der Waals surface area contributed by atoms with Gasteiger partial charge in [-0.25, -0.2) is 0 Å². The van der Waals surface area contributed by atoms with Gasteiger partial charge in [0.25, 0.3) is 0 Å². The lowest BCUT2D eigenvalue weighted by Gasteiger charge is -2.13. The van der Waals surface area contributed by atoms with Gasteiger partial charge in [-0.2, -0.15) is 0 Å². The standard InChI is InChI=1S/C25H20Cl5N/c1-13-4-6-15(7-5-13)18-12-17(8-9-19(18)26)31-14(2)22-23(25(22,3)30)16-10-20(27)24(29)21(28)11-16/h4-12,22-23,31H,2H2,1,3H3. The molecule has 1 aliphatic rings. The largest absolute Gasteiger partial charge is 0.359 e. The molecule has 3 unspecified atom stereocenters. The van der Waals surface area contributed by atoms with Crippen LogP contribution in [-0.2, 0) is 0 Å². The number of alkyl halides is 1. The highest BCUT2D eigenvalue weighted by atomic mass is 35.5. The monoisotopic (exact) mass is 509 g/mol. The van der Waals surface area contributed by atoms with Crippen LogP contribution >= 0.6 is 58.0 Å². The Balaban J connectivity index is 1.57. The lowest BCUT2D eigenvalue weighted by Crippen LogP contribution is -2.05. The molecule has 0 aliphatic heterocycles. The van der Waals surface area contributed by atoms with Crippen LogP contribution in [0.3, 0.4) is 0 Å². The first-order valence-electron chi connectivity index (χ1n) is 9.75. The number of benzene rings is 3. The third-order valence-electron chi connectivity index (χ3n) is 5.81. The van der Waals surface area contributed by atoms with Crippen LogP contribution in [0.5, 0.6) is 0 Å². The molecule has 6 heteroatoms. The molecule has 0 amide bonds. The highest BCUT2D eigenvalue weighted by Gasteiger charge is 2.62. The van der Waals surface area contributed by atoms with Crippen molar-refractivity contribution < 1.29 is 0 Å². The second-order valence-corrected chi connectivity index (χ2v) is 10.5. The second-order valence-electron chi connectivity index (χ2n) is 8.12. The summed E-state index contributed by atoms with van der Waals surface area (Å²) in [7, 11) is 0. The first kappa shape index (κ1) is 22.8. The molecule has 1 aliphatic carbocycles. The zero-order chi connectivity index (χ0) is 22.5. The minimum atomic E-state index is -0.503. The van der Waals surface area contributed by atoms with Gasteiger partial charge in [0, 0.05) is 33.8 Å². The quantitative estimate of drug-likeness (QED) is 0.266. The Kier molecular flexibility index (Phi) is 6.29. The number of hydrogen-bond acceptors (Lipinski definition) is 1. The van der Waals surface area contributed by atoms with E-state index in [-0.39, 0.29) is 11.8 Å². The topological polar surface area (TPSA) is 12.0 Å². The summed E-state index contributed by atoms with van der Waals surface area (Å²) < 4.78 is 0. The zero-order valence-corrected chi connectivity index (χ0v) is 20.7. The number of anilines is 1. The Morgan fingerprint density at radius 1 is 0.903 bits per heavy atom. The number of aryl methyl sites for hydroxylation is 1. The third-order valence-corrected chi connectivity index (χ3v) is 7.81. The van der Waals surface area contributed by atoms with Gasteiger partial charge in [0.05, 0.1) is 19.9 Å². The van der Waals surface area contributed by atoms with Gasteiger partial charge >= 0.3 is 0 Å². The van der Waals surface area contributed by atoms with Crippen molar-refractivity contribution in [1.82, 2.24) is 0 Å². The fourth-order valence-electron chi connectivity index (χ4n) is 4.12. The number of rotatable bonds is 5. The molecule has 160 valence electrons. The molecule has 1 nitrogen and oxygen atoms in total. The molecule has 4 rings (SSSR count). The van der Waals surface area contributed by atoms with Crippen molar-refractivity contribution in [2.24, 2.45) is 5.92 Å². The fraction of sp³-hybridized carbons (Fsp3) is 0.200. The van der Waals surface area contributed by atoms with Gasteiger partial charge in [-0.05, 0) is 55.3 Å². The molecule has 0 spiro atoms. The van der Waals surface area contributed by atoms with Crippen molar-refractivity contribution in [3.63, 3.8) is 0 Å². The SMILES string of the molecule is C=C(Nc1ccc(Cl)c(-c2ccc(C)cc2)c1)C1C(c2cc(Cl)c(Cl)c(Cl)c2)C1(C)Cl. The van der Waals surface area contributed by atoms with Crippen molar-refractivity contribution in [2.75, 3.05) is 5.32 Å². The van der Waals surface area contributed by atoms with E-state index in [0.717, 1.165) is 28.1 Å². The highest BCUT2D eigenvalue weighted by molar-refractivity contribution is 6.48. The highest BCUT2D eigenvalue weighted by Crippen LogP contribution is 2.65. The van der Waals surface area contributed by atoms with E-state index in [4.69, 9.17) is 58.0 Å². The molecule has 0 saturated heterocycles. The van der Waals surface area contributed by atoms with Crippen LogP contribution in [0.15, 0.2) is 66.9 Å². The predicted molar refractivity (Wildman–Crippen MR) is 136 cm³/mol. The van der Waals surface area contributed by atoms with E-state index in [1.54, 1.807) is 0 Å². The van der Waals surface area contributed by atoms with E-state index in [9.17, 15) is 0 Å². The average Bonchev–Trinajstić information content (AvgIpc) is 3.30. The normalized spacial score (nSPS) is 22.3.